The van der Waals surface area contributed by atoms with Crippen LogP contribution in [0.3, 0.4) is 0 Å². The predicted molar refractivity (Wildman–Crippen MR) is 80.1 cm³/mol. The van der Waals surface area contributed by atoms with Crippen molar-refractivity contribution in [3.63, 3.8) is 0 Å². The van der Waals surface area contributed by atoms with E-state index in [1.807, 2.05) is 73.7 Å². The number of hydrogen-bond acceptors (Lipinski definition) is 1. The topological polar surface area (TPSA) is 17.1 Å². The average molecular weight is 248 g/mol. The minimum absolute atomic E-state index is 0.0257. The number of ketones is 1. The van der Waals surface area contributed by atoms with E-state index in [2.05, 4.69) is 0 Å². The Kier molecular flexibility index (Phi) is 4.46. The highest BCUT2D eigenvalue weighted by atomic mass is 16.1. The molecule has 0 amide bonds. The summed E-state index contributed by atoms with van der Waals surface area (Å²) < 4.78 is 0. The van der Waals surface area contributed by atoms with Crippen molar-refractivity contribution in [1.29, 1.82) is 0 Å². The summed E-state index contributed by atoms with van der Waals surface area (Å²) in [5.74, 6) is 0.0257. The molecule has 0 aromatic heterocycles. The largest absolute Gasteiger partial charge is 0.289 e. The number of carbonyl (C=O) groups is 1. The monoisotopic (exact) mass is 248 g/mol. The maximum Gasteiger partial charge on any atom is 0.185 e. The Bertz CT molecular complexity index is 589. The van der Waals surface area contributed by atoms with E-state index >= 15 is 0 Å². The Labute approximate surface area is 113 Å². The average Bonchev–Trinajstić information content (AvgIpc) is 2.45. The fourth-order valence-electron chi connectivity index (χ4n) is 1.69. The van der Waals surface area contributed by atoms with Crippen molar-refractivity contribution in [3.8, 4) is 0 Å². The standard InChI is InChI=1S/C18H16O/c1-15-11-13-17(14-12-15)18(19)10-6-5-9-16-7-3-2-4-8-16/h2-14H,1H3/b9-5-,10-6+. The van der Waals surface area contributed by atoms with E-state index in [9.17, 15) is 4.79 Å². The van der Waals surface area contributed by atoms with Crippen molar-refractivity contribution in [1.82, 2.24) is 0 Å². The maximum absolute atomic E-state index is 11.8. The van der Waals surface area contributed by atoms with Gasteiger partial charge in [-0.05, 0) is 18.6 Å². The predicted octanol–water partition coefficient (Wildman–Crippen LogP) is 4.45. The Balaban J connectivity index is 1.97. The molecule has 0 heterocycles. The molecule has 94 valence electrons. The van der Waals surface area contributed by atoms with Crippen LogP contribution in [0.2, 0.25) is 0 Å². The Morgan fingerprint density at radius 3 is 2.26 bits per heavy atom. The molecule has 0 saturated carbocycles. The Hall–Kier alpha value is -2.41. The van der Waals surface area contributed by atoms with Crippen LogP contribution in [0.4, 0.5) is 0 Å². The lowest BCUT2D eigenvalue weighted by molar-refractivity contribution is 0.104. The third-order valence-electron chi connectivity index (χ3n) is 2.78. The van der Waals surface area contributed by atoms with Gasteiger partial charge < -0.3 is 0 Å². The number of aryl methyl sites for hydroxylation is 1. The first kappa shape index (κ1) is 13.0. The summed E-state index contributed by atoms with van der Waals surface area (Å²) in [7, 11) is 0. The lowest BCUT2D eigenvalue weighted by Crippen LogP contribution is -1.93. The lowest BCUT2D eigenvalue weighted by atomic mass is 10.1. The summed E-state index contributed by atoms with van der Waals surface area (Å²) in [6, 6.07) is 17.6. The molecule has 1 nitrogen and oxygen atoms in total. The summed E-state index contributed by atoms with van der Waals surface area (Å²) >= 11 is 0. The van der Waals surface area contributed by atoms with Gasteiger partial charge in [-0.3, -0.25) is 4.79 Å². The van der Waals surface area contributed by atoms with Gasteiger partial charge in [-0.1, -0.05) is 78.4 Å². The van der Waals surface area contributed by atoms with Gasteiger partial charge in [0, 0.05) is 5.56 Å². The van der Waals surface area contributed by atoms with Crippen LogP contribution >= 0.6 is 0 Å². The van der Waals surface area contributed by atoms with E-state index in [1.54, 1.807) is 12.2 Å². The molecule has 2 aromatic carbocycles. The van der Waals surface area contributed by atoms with E-state index in [1.165, 1.54) is 0 Å². The SMILES string of the molecule is Cc1ccc(C(=O)/C=C/C=C\c2ccccc2)cc1. The van der Waals surface area contributed by atoms with E-state index in [-0.39, 0.29) is 5.78 Å². The van der Waals surface area contributed by atoms with Gasteiger partial charge in [0.25, 0.3) is 0 Å². The second kappa shape index (κ2) is 6.50. The molecular weight excluding hydrogens is 232 g/mol. The number of carbonyl (C=O) groups excluding carboxylic acids is 1. The highest BCUT2D eigenvalue weighted by molar-refractivity contribution is 6.04. The van der Waals surface area contributed by atoms with Crippen molar-refractivity contribution in [2.24, 2.45) is 0 Å². The Morgan fingerprint density at radius 1 is 0.895 bits per heavy atom. The highest BCUT2D eigenvalue weighted by Crippen LogP contribution is 2.05. The summed E-state index contributed by atoms with van der Waals surface area (Å²) in [6.45, 7) is 2.01. The fourth-order valence-corrected chi connectivity index (χ4v) is 1.69. The molecule has 0 radical (unpaired) electrons. The van der Waals surface area contributed by atoms with Gasteiger partial charge in [-0.15, -0.1) is 0 Å². The van der Waals surface area contributed by atoms with Crippen LogP contribution in [0.25, 0.3) is 6.08 Å². The molecule has 0 unspecified atom stereocenters. The molecule has 0 spiro atoms. The van der Waals surface area contributed by atoms with Crippen LogP contribution in [0.1, 0.15) is 21.5 Å². The van der Waals surface area contributed by atoms with Crippen LogP contribution in [-0.4, -0.2) is 5.78 Å². The van der Waals surface area contributed by atoms with Gasteiger partial charge in [0.2, 0.25) is 0 Å². The molecule has 0 aliphatic rings. The zero-order valence-electron chi connectivity index (χ0n) is 10.9. The van der Waals surface area contributed by atoms with Crippen molar-refractivity contribution in [2.45, 2.75) is 6.92 Å². The summed E-state index contributed by atoms with van der Waals surface area (Å²) in [5.41, 5.74) is 2.99. The fraction of sp³-hybridized carbons (Fsp3) is 0.0556. The zero-order valence-corrected chi connectivity index (χ0v) is 10.9. The third-order valence-corrected chi connectivity index (χ3v) is 2.78. The molecule has 0 atom stereocenters. The Morgan fingerprint density at radius 2 is 1.58 bits per heavy atom. The molecule has 19 heavy (non-hydrogen) atoms. The number of allylic oxidation sites excluding steroid dienone is 3. The maximum atomic E-state index is 11.8. The quantitative estimate of drug-likeness (QED) is 0.444. The molecule has 0 aliphatic carbocycles. The van der Waals surface area contributed by atoms with Gasteiger partial charge in [-0.2, -0.15) is 0 Å². The normalized spacial score (nSPS) is 11.2. The second-order valence-corrected chi connectivity index (χ2v) is 4.36. The summed E-state index contributed by atoms with van der Waals surface area (Å²) in [5, 5.41) is 0. The molecule has 2 aromatic rings. The van der Waals surface area contributed by atoms with Gasteiger partial charge >= 0.3 is 0 Å². The summed E-state index contributed by atoms with van der Waals surface area (Å²) in [6.07, 6.45) is 7.21. The van der Waals surface area contributed by atoms with E-state index in [4.69, 9.17) is 0 Å². The van der Waals surface area contributed by atoms with Crippen molar-refractivity contribution >= 4 is 11.9 Å². The third kappa shape index (κ3) is 4.07. The number of benzene rings is 2. The molecule has 0 fully saturated rings. The zero-order chi connectivity index (χ0) is 13.5. The highest BCUT2D eigenvalue weighted by Gasteiger charge is 1.99. The van der Waals surface area contributed by atoms with Gasteiger partial charge in [0.1, 0.15) is 0 Å². The minimum Gasteiger partial charge on any atom is -0.289 e. The first-order chi connectivity index (χ1) is 9.25. The van der Waals surface area contributed by atoms with Crippen molar-refractivity contribution in [3.05, 3.63) is 89.5 Å². The smallest absolute Gasteiger partial charge is 0.185 e. The van der Waals surface area contributed by atoms with E-state index in [0.29, 0.717) is 0 Å². The van der Waals surface area contributed by atoms with Crippen LogP contribution in [0.15, 0.2) is 72.8 Å². The molecule has 0 N–H and O–H groups in total. The summed E-state index contributed by atoms with van der Waals surface area (Å²) in [4.78, 5) is 11.8. The molecule has 0 aliphatic heterocycles. The molecule has 0 bridgehead atoms. The van der Waals surface area contributed by atoms with Crippen LogP contribution in [0, 0.1) is 6.92 Å². The molecule has 1 heteroatoms. The molecule has 0 saturated heterocycles. The van der Waals surface area contributed by atoms with Crippen molar-refractivity contribution < 1.29 is 4.79 Å². The molecular formula is C18H16O. The first-order valence-electron chi connectivity index (χ1n) is 6.26. The second-order valence-electron chi connectivity index (χ2n) is 4.36. The van der Waals surface area contributed by atoms with Gasteiger partial charge in [0.15, 0.2) is 5.78 Å². The van der Waals surface area contributed by atoms with Crippen LogP contribution in [-0.2, 0) is 0 Å². The lowest BCUT2D eigenvalue weighted by Gasteiger charge is -1.95. The van der Waals surface area contributed by atoms with E-state index in [0.717, 1.165) is 16.7 Å². The van der Waals surface area contributed by atoms with Crippen LogP contribution in [0.5, 0.6) is 0 Å². The van der Waals surface area contributed by atoms with Gasteiger partial charge in [0.05, 0.1) is 0 Å². The number of hydrogen-bond donors (Lipinski definition) is 0. The van der Waals surface area contributed by atoms with Gasteiger partial charge in [-0.25, -0.2) is 0 Å². The minimum atomic E-state index is 0.0257. The number of rotatable bonds is 4. The molecule has 2 rings (SSSR count). The van der Waals surface area contributed by atoms with Crippen molar-refractivity contribution in [2.75, 3.05) is 0 Å². The van der Waals surface area contributed by atoms with Crippen LogP contribution < -0.4 is 0 Å². The first-order valence-corrected chi connectivity index (χ1v) is 6.26. The van der Waals surface area contributed by atoms with E-state index < -0.39 is 0 Å².